The molecule has 0 N–H and O–H groups in total. The Bertz CT molecular complexity index is 66.1. The largest absolute Gasteiger partial charge is 0.281 e. The average molecular weight is 305 g/mol. The maximum absolute atomic E-state index is 7.50. The van der Waals surface area contributed by atoms with Gasteiger partial charge in [0.25, 0.3) is 20.4 Å². The molecule has 0 spiro atoms. The molecule has 0 aromatic heterocycles. The molecule has 0 fully saturated rings. The number of rotatable bonds is 1. The molecule has 0 aliphatic heterocycles. The minimum atomic E-state index is 0.391. The van der Waals surface area contributed by atoms with Crippen molar-refractivity contribution in [3.05, 3.63) is 12.7 Å². The Morgan fingerprint density at radius 3 is 1.27 bits per heavy atom. The summed E-state index contributed by atoms with van der Waals surface area (Å²) in [5.74, 6) is 0. The zero-order chi connectivity index (χ0) is 10.3. The van der Waals surface area contributed by atoms with E-state index >= 15 is 0 Å². The smallest absolute Gasteiger partial charge is 0.281 e. The van der Waals surface area contributed by atoms with Crippen molar-refractivity contribution in [3.8, 4) is 0 Å². The van der Waals surface area contributed by atoms with Crippen molar-refractivity contribution < 1.29 is 32.7 Å². The van der Waals surface area contributed by atoms with Crippen LogP contribution in [0, 0.1) is 0 Å². The molecular weight excluding hydrogens is 301 g/mol. The minimum absolute atomic E-state index is 0.391. The van der Waals surface area contributed by atoms with Crippen LogP contribution >= 0.6 is 15.9 Å². The van der Waals surface area contributed by atoms with Crippen molar-refractivity contribution in [2.75, 3.05) is 0 Å². The summed E-state index contributed by atoms with van der Waals surface area (Å²) in [6.07, 6.45) is 1.80. The van der Waals surface area contributed by atoms with Crippen molar-refractivity contribution in [2.24, 2.45) is 0 Å². The van der Waals surface area contributed by atoms with Crippen LogP contribution in [0.5, 0.6) is 0 Å². The van der Waals surface area contributed by atoms with Gasteiger partial charge >= 0.3 is 50.3 Å². The van der Waals surface area contributed by atoms with E-state index in [0.29, 0.717) is 3.42 Å². The molecule has 0 aliphatic carbocycles. The second-order valence-electron chi connectivity index (χ2n) is 0.557. The van der Waals surface area contributed by atoms with Gasteiger partial charge in [-0.1, -0.05) is 0 Å². The second kappa shape index (κ2) is 52.0. The van der Waals surface area contributed by atoms with Crippen molar-refractivity contribution in [1.29, 1.82) is 0 Å². The zero-order valence-corrected chi connectivity index (χ0v) is 8.64. The number of halogens is 1. The quantitative estimate of drug-likeness (QED) is 0.396. The van der Waals surface area contributed by atoms with Crippen LogP contribution in [-0.2, 0) is 32.7 Å². The first-order chi connectivity index (χ1) is 5.27. The molecule has 0 aliphatic rings. The van der Waals surface area contributed by atoms with Gasteiger partial charge in [-0.3, -0.25) is 14.4 Å². The fraction of sp³-hybridized carbons (Fsp3) is 0.167. The molecule has 11 heavy (non-hydrogen) atoms. The van der Waals surface area contributed by atoms with Crippen LogP contribution in [0.2, 0.25) is 0 Å². The third kappa shape index (κ3) is 177. The molecule has 0 saturated heterocycles. The van der Waals surface area contributed by atoms with Crippen molar-refractivity contribution in [2.45, 2.75) is 3.42 Å². The van der Waals surface area contributed by atoms with Gasteiger partial charge in [-0.05, 0) is 0 Å². The van der Waals surface area contributed by atoms with E-state index in [4.69, 9.17) is 14.4 Å². The Balaban J connectivity index is -0.0000000350. The summed E-state index contributed by atoms with van der Waals surface area (Å²) < 4.78 is 0.391. The van der Waals surface area contributed by atoms with Gasteiger partial charge in [-0.25, -0.2) is 0 Å². The van der Waals surface area contributed by atoms with Crippen LogP contribution in [0.4, 0.5) is 0 Å². The van der Waals surface area contributed by atoms with Crippen LogP contribution in [-0.4, -0.2) is 23.8 Å². The molecule has 61 valence electrons. The molecule has 0 bridgehead atoms. The first-order valence-electron chi connectivity index (χ1n) is 1.78. The fourth-order valence-electron chi connectivity index (χ4n) is 0. The van der Waals surface area contributed by atoms with Crippen LogP contribution in [0.25, 0.3) is 0 Å². The minimum Gasteiger partial charge on any atom is -0.281 e. The molecule has 0 aromatic carbocycles. The molecule has 0 saturated carbocycles. The van der Waals surface area contributed by atoms with Crippen LogP contribution in [0.1, 0.15) is 0 Å². The number of alkyl halides is 1. The molecule has 0 rings (SSSR count). The van der Waals surface area contributed by atoms with E-state index in [0.717, 1.165) is 0 Å². The Labute approximate surface area is 85.0 Å². The summed E-state index contributed by atoms with van der Waals surface area (Å²) >= 11 is 5.67. The molecule has 1 atom stereocenters. The van der Waals surface area contributed by atoms with E-state index in [1.807, 2.05) is 0 Å². The fourth-order valence-corrected chi connectivity index (χ4v) is 0. The third-order valence-corrected chi connectivity index (χ3v) is 0.956. The first kappa shape index (κ1) is 22.4. The van der Waals surface area contributed by atoms with Gasteiger partial charge in [0, 0.05) is 0 Å². The summed E-state index contributed by atoms with van der Waals surface area (Å²) in [7, 11) is 0. The van der Waals surface area contributed by atoms with Gasteiger partial charge < -0.3 is 0 Å². The molecular formula is C6H4BrO3Ru. The topological polar surface area (TPSA) is 51.2 Å². The van der Waals surface area contributed by atoms with Crippen LogP contribution < -0.4 is 0 Å². The van der Waals surface area contributed by atoms with E-state index in [2.05, 4.69) is 61.2 Å². The summed E-state index contributed by atoms with van der Waals surface area (Å²) in [6, 6.07) is 0. The van der Waals surface area contributed by atoms with Gasteiger partial charge in [-0.15, -0.1) is 0 Å². The molecule has 0 aromatic rings. The Morgan fingerprint density at radius 2 is 1.27 bits per heavy atom. The van der Waals surface area contributed by atoms with Gasteiger partial charge in [0.2, 0.25) is 0 Å². The molecule has 1 unspecified atom stereocenters. The monoisotopic (exact) mass is 305 g/mol. The maximum atomic E-state index is 7.50. The van der Waals surface area contributed by atoms with Crippen molar-refractivity contribution in [3.63, 3.8) is 0 Å². The standard InChI is InChI=1S/C3H4Br.3CO.Ru/c1-2-3-4;3*1-2;/h2-3H,1H2;;;;. The Morgan fingerprint density at radius 1 is 1.18 bits per heavy atom. The summed E-state index contributed by atoms with van der Waals surface area (Å²) in [5, 5.41) is 0. The average Bonchev–Trinajstić information content (AvgIpc) is 2.15. The van der Waals surface area contributed by atoms with E-state index in [-0.39, 0.29) is 0 Å². The third-order valence-electron chi connectivity index (χ3n) is 0.172. The summed E-state index contributed by atoms with van der Waals surface area (Å²) in [5.41, 5.74) is 0. The van der Waals surface area contributed by atoms with Crippen LogP contribution in [0.3, 0.4) is 0 Å². The van der Waals surface area contributed by atoms with Crippen molar-refractivity contribution >= 4 is 36.3 Å². The van der Waals surface area contributed by atoms with Gasteiger partial charge in [-0.2, -0.15) is 0 Å². The van der Waals surface area contributed by atoms with E-state index < -0.39 is 0 Å². The normalized spacial score (nSPS) is 7.45. The van der Waals surface area contributed by atoms with Gasteiger partial charge in [0.1, 0.15) is 0 Å². The Hall–Kier alpha value is -0.147. The van der Waals surface area contributed by atoms with E-state index in [9.17, 15) is 0 Å². The number of carbonyl (C=O) groups excluding carboxylic acids is 3. The summed E-state index contributed by atoms with van der Waals surface area (Å²) in [4.78, 5) is 22.5. The SMILES string of the molecule is C=C[CH](Br)[Ru].[C]=O.[C]=O.[C]=O. The zero-order valence-electron chi connectivity index (χ0n) is 5.32. The van der Waals surface area contributed by atoms with Gasteiger partial charge in [0.15, 0.2) is 0 Å². The molecule has 6 radical (unpaired) electrons. The van der Waals surface area contributed by atoms with Gasteiger partial charge in [0.05, 0.1) is 0 Å². The molecule has 0 amide bonds. The predicted molar refractivity (Wildman–Crippen MR) is 40.0 cm³/mol. The maximum Gasteiger partial charge on any atom is 0.281 e. The van der Waals surface area contributed by atoms with E-state index in [1.165, 1.54) is 0 Å². The molecule has 3 nitrogen and oxygen atoms in total. The molecule has 5 heteroatoms. The van der Waals surface area contributed by atoms with Crippen LogP contribution in [0.15, 0.2) is 12.7 Å². The second-order valence-corrected chi connectivity index (χ2v) is 3.96. The Kier molecular flexibility index (Phi) is 106. The molecule has 0 heterocycles. The van der Waals surface area contributed by atoms with E-state index in [1.54, 1.807) is 6.08 Å². The first-order valence-corrected chi connectivity index (χ1v) is 3.70. The van der Waals surface area contributed by atoms with Crippen molar-refractivity contribution in [1.82, 2.24) is 0 Å². The number of hydrogen-bond acceptors (Lipinski definition) is 3. The summed E-state index contributed by atoms with van der Waals surface area (Å²) in [6.45, 7) is 17.0. The predicted octanol–water partition coefficient (Wildman–Crippen LogP) is 0.249. The number of hydrogen-bond donors (Lipinski definition) is 0. The number of allylic oxidation sites excluding steroid dienone is 1.